The number of urea groups is 1. The van der Waals surface area contributed by atoms with Crippen LogP contribution in [0.1, 0.15) is 5.56 Å². The van der Waals surface area contributed by atoms with Crippen LogP contribution in [0.25, 0.3) is 10.9 Å². The van der Waals surface area contributed by atoms with Crippen molar-refractivity contribution in [3.63, 3.8) is 0 Å². The van der Waals surface area contributed by atoms with E-state index in [0.717, 1.165) is 0 Å². The summed E-state index contributed by atoms with van der Waals surface area (Å²) in [5, 5.41) is 24.8. The van der Waals surface area contributed by atoms with Gasteiger partial charge in [0.2, 0.25) is 0 Å². The van der Waals surface area contributed by atoms with Crippen LogP contribution in [0.15, 0.2) is 72.9 Å². The van der Waals surface area contributed by atoms with E-state index in [1.54, 1.807) is 36.5 Å². The van der Waals surface area contributed by atoms with Crippen molar-refractivity contribution in [3.8, 4) is 23.3 Å². The maximum Gasteiger partial charge on any atom is 0.323 e. The lowest BCUT2D eigenvalue weighted by molar-refractivity contribution is 0.262. The van der Waals surface area contributed by atoms with E-state index >= 15 is 0 Å². The van der Waals surface area contributed by atoms with Crippen LogP contribution < -0.4 is 15.4 Å². The predicted molar refractivity (Wildman–Crippen MR) is 114 cm³/mol. The van der Waals surface area contributed by atoms with Gasteiger partial charge in [-0.15, -0.1) is 0 Å². The number of nitriles is 1. The summed E-state index contributed by atoms with van der Waals surface area (Å²) in [6, 6.07) is 18.1. The quantitative estimate of drug-likeness (QED) is 0.415. The smallest absolute Gasteiger partial charge is 0.323 e. The number of rotatable bonds is 4. The second kappa shape index (κ2) is 8.39. The molecule has 4 aromatic rings. The highest BCUT2D eigenvalue weighted by Crippen LogP contribution is 2.32. The highest BCUT2D eigenvalue weighted by atomic mass is 19.1. The van der Waals surface area contributed by atoms with Gasteiger partial charge in [-0.1, -0.05) is 0 Å². The van der Waals surface area contributed by atoms with E-state index in [1.165, 1.54) is 36.4 Å². The van der Waals surface area contributed by atoms with Crippen LogP contribution in [0.2, 0.25) is 0 Å². The van der Waals surface area contributed by atoms with E-state index in [9.17, 15) is 14.3 Å². The molecule has 0 saturated heterocycles. The van der Waals surface area contributed by atoms with Gasteiger partial charge in [-0.25, -0.2) is 9.18 Å². The van der Waals surface area contributed by atoms with Crippen LogP contribution in [0.5, 0.6) is 17.2 Å². The van der Waals surface area contributed by atoms with Crippen molar-refractivity contribution in [3.05, 3.63) is 84.3 Å². The number of carbonyl (C=O) groups is 1. The minimum absolute atomic E-state index is 0.122. The van der Waals surface area contributed by atoms with Gasteiger partial charge in [0.05, 0.1) is 11.1 Å². The number of hydrogen-bond acceptors (Lipinski definition) is 5. The van der Waals surface area contributed by atoms with Gasteiger partial charge in [-0.2, -0.15) is 5.26 Å². The summed E-state index contributed by atoms with van der Waals surface area (Å²) >= 11 is 0. The van der Waals surface area contributed by atoms with Crippen LogP contribution in [0.4, 0.5) is 20.6 Å². The molecule has 31 heavy (non-hydrogen) atoms. The van der Waals surface area contributed by atoms with Crippen LogP contribution in [0, 0.1) is 17.1 Å². The third-order valence-corrected chi connectivity index (χ3v) is 4.38. The van der Waals surface area contributed by atoms with Crippen LogP contribution in [-0.2, 0) is 0 Å². The molecule has 7 nitrogen and oxygen atoms in total. The van der Waals surface area contributed by atoms with Crippen molar-refractivity contribution in [2.45, 2.75) is 0 Å². The number of benzene rings is 3. The number of nitrogens with one attached hydrogen (secondary N) is 2. The second-order valence-corrected chi connectivity index (χ2v) is 6.52. The summed E-state index contributed by atoms with van der Waals surface area (Å²) in [7, 11) is 0. The highest BCUT2D eigenvalue weighted by Gasteiger charge is 2.10. The molecule has 0 aliphatic rings. The fraction of sp³-hybridized carbons (Fsp3) is 0. The molecule has 0 aliphatic carbocycles. The van der Waals surface area contributed by atoms with Crippen LogP contribution >= 0.6 is 0 Å². The predicted octanol–water partition coefficient (Wildman–Crippen LogP) is 5.39. The average Bonchev–Trinajstić information content (AvgIpc) is 2.76. The van der Waals surface area contributed by atoms with Gasteiger partial charge in [-0.05, 0) is 60.7 Å². The molecule has 0 aliphatic heterocycles. The summed E-state index contributed by atoms with van der Waals surface area (Å²) in [6.45, 7) is 0. The van der Waals surface area contributed by atoms with Crippen molar-refractivity contribution < 1.29 is 19.0 Å². The maximum atomic E-state index is 12.9. The Balaban J connectivity index is 1.47. The number of hydrogen-bond donors (Lipinski definition) is 3. The topological polar surface area (TPSA) is 107 Å². The molecule has 152 valence electrons. The largest absolute Gasteiger partial charge is 0.506 e. The first-order valence-electron chi connectivity index (χ1n) is 9.15. The number of halogens is 1. The lowest BCUT2D eigenvalue weighted by atomic mass is 10.1. The molecular formula is C23H15FN4O3. The standard InChI is InChI=1S/C23H15FN4O3/c24-15-1-3-16(4-2-15)27-23(30)28-17-5-7-18(8-6-17)31-22-9-10-26-20-12-21(29)14(13-25)11-19(20)22/h1-12,29H,(H2,27,28,30). The van der Waals surface area contributed by atoms with E-state index in [0.29, 0.717) is 33.8 Å². The Morgan fingerprint density at radius 2 is 1.65 bits per heavy atom. The number of phenols is 1. The second-order valence-electron chi connectivity index (χ2n) is 6.52. The van der Waals surface area contributed by atoms with Gasteiger partial charge in [0.1, 0.15) is 29.1 Å². The highest BCUT2D eigenvalue weighted by molar-refractivity contribution is 5.99. The van der Waals surface area contributed by atoms with Crippen molar-refractivity contribution in [1.29, 1.82) is 5.26 Å². The number of nitrogens with zero attached hydrogens (tertiary/aromatic N) is 2. The lowest BCUT2D eigenvalue weighted by Gasteiger charge is -2.11. The molecular weight excluding hydrogens is 399 g/mol. The Labute approximate surface area is 176 Å². The Hall–Kier alpha value is -4.64. The Morgan fingerprint density at radius 3 is 2.29 bits per heavy atom. The monoisotopic (exact) mass is 414 g/mol. The molecule has 1 heterocycles. The van der Waals surface area contributed by atoms with Crippen LogP contribution in [0.3, 0.4) is 0 Å². The molecule has 0 atom stereocenters. The molecule has 4 rings (SSSR count). The van der Waals surface area contributed by atoms with Gasteiger partial charge in [0.15, 0.2) is 0 Å². The number of aromatic nitrogens is 1. The van der Waals surface area contributed by atoms with Crippen molar-refractivity contribution >= 4 is 28.3 Å². The molecule has 3 aromatic carbocycles. The Morgan fingerprint density at radius 1 is 1.00 bits per heavy atom. The van der Waals surface area contributed by atoms with Gasteiger partial charge in [0.25, 0.3) is 0 Å². The van der Waals surface area contributed by atoms with Gasteiger partial charge < -0.3 is 20.5 Å². The summed E-state index contributed by atoms with van der Waals surface area (Å²) in [6.07, 6.45) is 1.54. The molecule has 0 bridgehead atoms. The minimum Gasteiger partial charge on any atom is -0.506 e. The zero-order chi connectivity index (χ0) is 21.8. The van der Waals surface area contributed by atoms with Gasteiger partial charge in [0, 0.05) is 29.0 Å². The van der Waals surface area contributed by atoms with Crippen molar-refractivity contribution in [2.24, 2.45) is 0 Å². The lowest BCUT2D eigenvalue weighted by Crippen LogP contribution is -2.19. The maximum absolute atomic E-state index is 12.9. The fourth-order valence-corrected chi connectivity index (χ4v) is 2.89. The summed E-state index contributed by atoms with van der Waals surface area (Å²) in [5.74, 6) is 0.443. The molecule has 8 heteroatoms. The summed E-state index contributed by atoms with van der Waals surface area (Å²) in [5.41, 5.74) is 1.61. The van der Waals surface area contributed by atoms with E-state index in [1.807, 2.05) is 6.07 Å². The Bertz CT molecular complexity index is 1300. The van der Waals surface area contributed by atoms with E-state index in [-0.39, 0.29) is 17.1 Å². The Kier molecular flexibility index (Phi) is 5.32. The average molecular weight is 414 g/mol. The summed E-state index contributed by atoms with van der Waals surface area (Å²) < 4.78 is 18.8. The zero-order valence-corrected chi connectivity index (χ0v) is 16.0. The first-order chi connectivity index (χ1) is 15.0. The fourth-order valence-electron chi connectivity index (χ4n) is 2.89. The SMILES string of the molecule is N#Cc1cc2c(Oc3ccc(NC(=O)Nc4ccc(F)cc4)cc3)ccnc2cc1O. The zero-order valence-electron chi connectivity index (χ0n) is 16.0. The number of aromatic hydroxyl groups is 1. The van der Waals surface area contributed by atoms with E-state index in [4.69, 9.17) is 10.00 Å². The number of fused-ring (bicyclic) bond motifs is 1. The molecule has 1 aromatic heterocycles. The van der Waals surface area contributed by atoms with Gasteiger partial charge >= 0.3 is 6.03 Å². The molecule has 0 fully saturated rings. The van der Waals surface area contributed by atoms with Gasteiger partial charge in [-0.3, -0.25) is 4.98 Å². The molecule has 0 unspecified atom stereocenters. The number of ether oxygens (including phenoxy) is 1. The number of phenolic OH excluding ortho intramolecular Hbond substituents is 1. The molecule has 0 saturated carbocycles. The van der Waals surface area contributed by atoms with Crippen molar-refractivity contribution in [2.75, 3.05) is 10.6 Å². The molecule has 0 radical (unpaired) electrons. The third-order valence-electron chi connectivity index (χ3n) is 4.38. The van der Waals surface area contributed by atoms with Crippen LogP contribution in [-0.4, -0.2) is 16.1 Å². The molecule has 2 amide bonds. The minimum atomic E-state index is -0.468. The number of amides is 2. The molecule has 0 spiro atoms. The first-order valence-corrected chi connectivity index (χ1v) is 9.15. The summed E-state index contributed by atoms with van der Waals surface area (Å²) in [4.78, 5) is 16.3. The van der Waals surface area contributed by atoms with E-state index in [2.05, 4.69) is 15.6 Å². The van der Waals surface area contributed by atoms with Crippen molar-refractivity contribution in [1.82, 2.24) is 4.98 Å². The first kappa shape index (κ1) is 19.7. The number of anilines is 2. The third kappa shape index (κ3) is 4.52. The number of pyridine rings is 1. The number of carbonyl (C=O) groups excluding carboxylic acids is 1. The molecule has 3 N–H and O–H groups in total. The normalized spacial score (nSPS) is 10.3. The van der Waals surface area contributed by atoms with E-state index < -0.39 is 6.03 Å².